The van der Waals surface area contributed by atoms with Crippen molar-refractivity contribution in [3.8, 4) is 11.8 Å². The van der Waals surface area contributed by atoms with E-state index in [2.05, 4.69) is 11.4 Å². The number of amides is 1. The number of fused-ring (bicyclic) bond motifs is 7. The molecule has 0 bridgehead atoms. The molecule has 168 valence electrons. The van der Waals surface area contributed by atoms with Crippen molar-refractivity contribution in [2.24, 2.45) is 0 Å². The second-order valence-electron chi connectivity index (χ2n) is 9.82. The molecule has 2 aliphatic rings. The van der Waals surface area contributed by atoms with Gasteiger partial charge in [-0.1, -0.05) is 48.5 Å². The number of ether oxygens (including phenoxy) is 2. The van der Waals surface area contributed by atoms with Crippen LogP contribution in [0, 0.1) is 11.3 Å². The first-order valence-electron chi connectivity index (χ1n) is 11.1. The molecule has 0 saturated carbocycles. The van der Waals surface area contributed by atoms with Gasteiger partial charge in [-0.2, -0.15) is 5.26 Å². The van der Waals surface area contributed by atoms with Gasteiger partial charge in [0.1, 0.15) is 11.4 Å². The van der Waals surface area contributed by atoms with E-state index in [9.17, 15) is 15.2 Å². The minimum absolute atomic E-state index is 0.460. The minimum atomic E-state index is -1.89. The Labute approximate surface area is 196 Å². The third kappa shape index (κ3) is 2.50. The van der Waals surface area contributed by atoms with E-state index in [1.54, 1.807) is 39.0 Å². The number of carbonyl (C=O) groups excluding carboxylic acids is 1. The predicted molar refractivity (Wildman–Crippen MR) is 127 cm³/mol. The first-order chi connectivity index (χ1) is 16.2. The maximum atomic E-state index is 13.3. The van der Waals surface area contributed by atoms with Gasteiger partial charge < -0.3 is 19.9 Å². The van der Waals surface area contributed by atoms with Crippen LogP contribution in [0.1, 0.15) is 43.0 Å². The molecule has 2 N–H and O–H groups in total. The Kier molecular flexibility index (Phi) is 3.92. The molecule has 1 aliphatic carbocycles. The van der Waals surface area contributed by atoms with Gasteiger partial charge >= 0.3 is 6.09 Å². The van der Waals surface area contributed by atoms with E-state index < -0.39 is 23.0 Å². The van der Waals surface area contributed by atoms with E-state index >= 15 is 0 Å². The molecule has 6 rings (SSSR count). The molecule has 4 aromatic carbocycles. The van der Waals surface area contributed by atoms with Crippen LogP contribution in [0.3, 0.4) is 0 Å². The van der Waals surface area contributed by atoms with E-state index in [4.69, 9.17) is 9.47 Å². The molecule has 2 atom stereocenters. The average Bonchev–Trinajstić information content (AvgIpc) is 3.16. The lowest BCUT2D eigenvalue weighted by Crippen LogP contribution is -2.58. The molecule has 0 unspecified atom stereocenters. The molecule has 4 aromatic rings. The number of rotatable bonds is 1. The van der Waals surface area contributed by atoms with Gasteiger partial charge in [0.15, 0.2) is 5.54 Å². The molecular weight excluding hydrogens is 428 g/mol. The standard InChI is InChI=1S/C28H22N2O4/c1-26(2,3)34-25(31)30-27-20-8-4-6-17-7-5-9-21(23(17)20)28(27,32)33-22-13-11-18-14-16(15-29)10-12-19(18)24(22)27/h4-14,32H,1-3H3,(H,30,31)/t27-,28+/m1/s1. The molecule has 0 fully saturated rings. The fourth-order valence-electron chi connectivity index (χ4n) is 5.44. The van der Waals surface area contributed by atoms with Gasteiger partial charge in [-0.25, -0.2) is 4.79 Å². The zero-order chi connectivity index (χ0) is 23.9. The van der Waals surface area contributed by atoms with Crippen LogP contribution in [0.25, 0.3) is 21.5 Å². The highest BCUT2D eigenvalue weighted by Crippen LogP contribution is 2.63. The molecule has 1 heterocycles. The second kappa shape index (κ2) is 6.49. The van der Waals surface area contributed by atoms with E-state index in [0.29, 0.717) is 22.4 Å². The Morgan fingerprint density at radius 2 is 1.76 bits per heavy atom. The zero-order valence-corrected chi connectivity index (χ0v) is 19.0. The van der Waals surface area contributed by atoms with Gasteiger partial charge in [-0.3, -0.25) is 0 Å². The lowest BCUT2D eigenvalue weighted by atomic mass is 9.78. The van der Waals surface area contributed by atoms with Crippen LogP contribution in [-0.4, -0.2) is 16.8 Å². The lowest BCUT2D eigenvalue weighted by Gasteiger charge is -2.38. The van der Waals surface area contributed by atoms with E-state index in [0.717, 1.165) is 27.1 Å². The molecule has 6 nitrogen and oxygen atoms in total. The number of hydrogen-bond acceptors (Lipinski definition) is 5. The summed E-state index contributed by atoms with van der Waals surface area (Å²) in [6.45, 7) is 5.37. The number of aliphatic hydroxyl groups is 1. The van der Waals surface area contributed by atoms with Crippen LogP contribution in [0.4, 0.5) is 4.79 Å². The van der Waals surface area contributed by atoms with Crippen molar-refractivity contribution in [3.05, 3.63) is 89.0 Å². The zero-order valence-electron chi connectivity index (χ0n) is 19.0. The van der Waals surface area contributed by atoms with Gasteiger partial charge in [0.05, 0.1) is 11.6 Å². The third-order valence-corrected chi connectivity index (χ3v) is 6.61. The number of carbonyl (C=O) groups is 1. The number of nitriles is 1. The van der Waals surface area contributed by atoms with E-state index in [1.807, 2.05) is 48.5 Å². The van der Waals surface area contributed by atoms with Crippen molar-refractivity contribution < 1.29 is 19.4 Å². The van der Waals surface area contributed by atoms with Gasteiger partial charge in [0, 0.05) is 11.1 Å². The highest BCUT2D eigenvalue weighted by Gasteiger charge is 2.68. The summed E-state index contributed by atoms with van der Waals surface area (Å²) in [4.78, 5) is 13.3. The van der Waals surface area contributed by atoms with Gasteiger partial charge in [-0.05, 0) is 66.1 Å². The molecule has 0 saturated heterocycles. The van der Waals surface area contributed by atoms with Gasteiger partial charge in [0.25, 0.3) is 5.79 Å². The fraction of sp³-hybridized carbons (Fsp3) is 0.214. The fourth-order valence-corrected chi connectivity index (χ4v) is 5.44. The summed E-state index contributed by atoms with van der Waals surface area (Å²) in [7, 11) is 0. The summed E-state index contributed by atoms with van der Waals surface area (Å²) in [5.41, 5.74) is 0.263. The Hall–Kier alpha value is -4.08. The smallest absolute Gasteiger partial charge is 0.408 e. The number of nitrogens with one attached hydrogen (secondary N) is 1. The first kappa shape index (κ1) is 20.5. The van der Waals surface area contributed by atoms with Crippen molar-refractivity contribution in [2.75, 3.05) is 0 Å². The SMILES string of the molecule is CC(C)(C)OC(=O)N[C@]12c3c(ccc4cc(C#N)ccc34)O[C@@]1(O)c1cccc3cccc2c13. The van der Waals surface area contributed by atoms with Crippen molar-refractivity contribution in [3.63, 3.8) is 0 Å². The highest BCUT2D eigenvalue weighted by molar-refractivity contribution is 6.00. The molecule has 6 heteroatoms. The summed E-state index contributed by atoms with van der Waals surface area (Å²) in [5, 5.41) is 28.1. The summed E-state index contributed by atoms with van der Waals surface area (Å²) < 4.78 is 12.0. The summed E-state index contributed by atoms with van der Waals surface area (Å²) in [6.07, 6.45) is -0.669. The summed E-state index contributed by atoms with van der Waals surface area (Å²) in [6, 6.07) is 22.6. The Balaban J connectivity index is 1.71. The predicted octanol–water partition coefficient (Wildman–Crippen LogP) is 5.18. The molecule has 0 radical (unpaired) electrons. The van der Waals surface area contributed by atoms with Crippen molar-refractivity contribution in [1.82, 2.24) is 5.32 Å². The second-order valence-corrected chi connectivity index (χ2v) is 9.82. The van der Waals surface area contributed by atoms with Crippen molar-refractivity contribution in [1.29, 1.82) is 5.26 Å². The number of nitrogens with zero attached hydrogens (tertiary/aromatic N) is 1. The van der Waals surface area contributed by atoms with Crippen LogP contribution in [0.15, 0.2) is 66.7 Å². The number of alkyl carbamates (subject to hydrolysis) is 1. The molecule has 1 amide bonds. The van der Waals surface area contributed by atoms with Crippen LogP contribution in [0.5, 0.6) is 5.75 Å². The Bertz CT molecular complexity index is 1570. The van der Waals surface area contributed by atoms with Crippen LogP contribution in [-0.2, 0) is 16.1 Å². The monoisotopic (exact) mass is 450 g/mol. The topological polar surface area (TPSA) is 91.6 Å². The average molecular weight is 450 g/mol. The van der Waals surface area contributed by atoms with Crippen molar-refractivity contribution in [2.45, 2.75) is 37.7 Å². The van der Waals surface area contributed by atoms with Crippen LogP contribution < -0.4 is 10.1 Å². The maximum Gasteiger partial charge on any atom is 0.408 e. The third-order valence-electron chi connectivity index (χ3n) is 6.61. The first-order valence-corrected chi connectivity index (χ1v) is 11.1. The van der Waals surface area contributed by atoms with Crippen molar-refractivity contribution >= 4 is 27.6 Å². The van der Waals surface area contributed by atoms with Crippen LogP contribution in [0.2, 0.25) is 0 Å². The van der Waals surface area contributed by atoms with Crippen LogP contribution >= 0.6 is 0 Å². The Morgan fingerprint density at radius 3 is 2.47 bits per heavy atom. The normalized spacial score (nSPS) is 22.1. The largest absolute Gasteiger partial charge is 0.454 e. The summed E-state index contributed by atoms with van der Waals surface area (Å²) >= 11 is 0. The minimum Gasteiger partial charge on any atom is -0.454 e. The lowest BCUT2D eigenvalue weighted by molar-refractivity contribution is -0.173. The number of benzene rings is 4. The quantitative estimate of drug-likeness (QED) is 0.417. The summed E-state index contributed by atoms with van der Waals surface area (Å²) in [5.74, 6) is -1.43. The van der Waals surface area contributed by atoms with E-state index in [1.165, 1.54) is 0 Å². The molecule has 34 heavy (non-hydrogen) atoms. The molecule has 0 aromatic heterocycles. The highest BCUT2D eigenvalue weighted by atomic mass is 16.6. The molecular formula is C28H22N2O4. The number of hydrogen-bond donors (Lipinski definition) is 2. The van der Waals surface area contributed by atoms with Gasteiger partial charge in [0.2, 0.25) is 0 Å². The van der Waals surface area contributed by atoms with Gasteiger partial charge in [-0.15, -0.1) is 0 Å². The molecule has 1 aliphatic heterocycles. The maximum absolute atomic E-state index is 13.3. The molecule has 0 spiro atoms. The Morgan fingerprint density at radius 1 is 1.03 bits per heavy atom. The van der Waals surface area contributed by atoms with E-state index in [-0.39, 0.29) is 0 Å².